The predicted octanol–water partition coefficient (Wildman–Crippen LogP) is 4.03. The number of nitro groups is 1. The first-order chi connectivity index (χ1) is 18.4. The van der Waals surface area contributed by atoms with Gasteiger partial charge in [-0.25, -0.2) is 0 Å². The number of benzene rings is 2. The van der Waals surface area contributed by atoms with E-state index in [1.165, 1.54) is 36.3 Å². The van der Waals surface area contributed by atoms with Crippen molar-refractivity contribution in [2.24, 2.45) is 0 Å². The number of hydrogen-bond donors (Lipinski definition) is 0. The fraction of sp³-hybridized carbons (Fsp3) is 0.333. The van der Waals surface area contributed by atoms with Crippen LogP contribution in [0, 0.1) is 10.1 Å². The number of carbonyl (C=O) groups is 2. The summed E-state index contributed by atoms with van der Waals surface area (Å²) in [6, 6.07) is 15.0. The molecule has 3 rings (SSSR count). The van der Waals surface area contributed by atoms with Gasteiger partial charge in [-0.2, -0.15) is 0 Å². The zero-order valence-corrected chi connectivity index (χ0v) is 22.4. The van der Waals surface area contributed by atoms with Gasteiger partial charge in [-0.1, -0.05) is 18.2 Å². The second kappa shape index (κ2) is 14.1. The van der Waals surface area contributed by atoms with E-state index in [4.69, 9.17) is 14.2 Å². The van der Waals surface area contributed by atoms with Crippen LogP contribution in [0.3, 0.4) is 0 Å². The zero-order valence-electron chi connectivity index (χ0n) is 21.6. The highest BCUT2D eigenvalue weighted by Crippen LogP contribution is 2.28. The molecule has 3 aromatic rings. The summed E-state index contributed by atoms with van der Waals surface area (Å²) in [4.78, 5) is 41.5. The number of carbonyl (C=O) groups excluding carboxylic acids is 2. The Kier molecular flexibility index (Phi) is 10.6. The molecular weight excluding hydrogens is 510 g/mol. The molecule has 38 heavy (non-hydrogen) atoms. The maximum atomic E-state index is 13.5. The third-order valence-electron chi connectivity index (χ3n) is 5.88. The summed E-state index contributed by atoms with van der Waals surface area (Å²) in [5.74, 6) is 0.509. The highest BCUT2D eigenvalue weighted by atomic mass is 32.1. The van der Waals surface area contributed by atoms with Gasteiger partial charge in [0, 0.05) is 42.8 Å². The first-order valence-corrected chi connectivity index (χ1v) is 12.8. The van der Waals surface area contributed by atoms with Crippen LogP contribution in [0.25, 0.3) is 0 Å². The minimum absolute atomic E-state index is 0.137. The highest BCUT2D eigenvalue weighted by Gasteiger charge is 2.24. The van der Waals surface area contributed by atoms with Crippen LogP contribution in [0.1, 0.15) is 20.8 Å². The average molecular weight is 542 g/mol. The molecule has 0 bridgehead atoms. The minimum Gasteiger partial charge on any atom is -0.493 e. The number of nitro benzene ring substituents is 1. The second-order valence-electron chi connectivity index (χ2n) is 8.36. The van der Waals surface area contributed by atoms with Crippen LogP contribution in [0.4, 0.5) is 5.69 Å². The molecule has 1 heterocycles. The lowest BCUT2D eigenvalue weighted by molar-refractivity contribution is -0.384. The van der Waals surface area contributed by atoms with Crippen molar-refractivity contribution in [1.29, 1.82) is 0 Å². The maximum absolute atomic E-state index is 13.5. The van der Waals surface area contributed by atoms with Gasteiger partial charge >= 0.3 is 0 Å². The molecule has 0 radical (unpaired) electrons. The van der Waals surface area contributed by atoms with E-state index in [1.54, 1.807) is 30.5 Å². The Hall–Kier alpha value is -3.96. The van der Waals surface area contributed by atoms with E-state index in [2.05, 4.69) is 0 Å². The lowest BCUT2D eigenvalue weighted by Gasteiger charge is -2.27. The number of amides is 2. The molecule has 0 fully saturated rings. The monoisotopic (exact) mass is 541 g/mol. The van der Waals surface area contributed by atoms with Gasteiger partial charge in [-0.05, 0) is 41.6 Å². The van der Waals surface area contributed by atoms with Gasteiger partial charge in [0.1, 0.15) is 6.54 Å². The zero-order chi connectivity index (χ0) is 27.5. The van der Waals surface area contributed by atoms with E-state index in [1.807, 2.05) is 35.7 Å². The molecule has 0 N–H and O–H groups in total. The summed E-state index contributed by atoms with van der Waals surface area (Å²) in [6.45, 7) is 0.987. The van der Waals surface area contributed by atoms with E-state index >= 15 is 0 Å². The number of rotatable bonds is 14. The highest BCUT2D eigenvalue weighted by molar-refractivity contribution is 7.09. The number of nitrogens with zero attached hydrogens (tertiary/aromatic N) is 3. The Bertz CT molecular complexity index is 1230. The lowest BCUT2D eigenvalue weighted by Crippen LogP contribution is -2.44. The number of ether oxygens (including phenoxy) is 3. The van der Waals surface area contributed by atoms with Crippen molar-refractivity contribution in [2.45, 2.75) is 13.0 Å². The van der Waals surface area contributed by atoms with Gasteiger partial charge in [0.2, 0.25) is 5.91 Å². The Labute approximate surface area is 225 Å². The van der Waals surface area contributed by atoms with Crippen LogP contribution in [0.5, 0.6) is 11.5 Å². The van der Waals surface area contributed by atoms with Gasteiger partial charge in [-0.3, -0.25) is 19.7 Å². The van der Waals surface area contributed by atoms with E-state index in [0.29, 0.717) is 31.0 Å². The van der Waals surface area contributed by atoms with Crippen LogP contribution in [0.2, 0.25) is 0 Å². The molecule has 0 aliphatic carbocycles. The van der Waals surface area contributed by atoms with E-state index in [9.17, 15) is 19.7 Å². The first-order valence-electron chi connectivity index (χ1n) is 11.9. The van der Waals surface area contributed by atoms with E-state index in [-0.39, 0.29) is 36.9 Å². The number of methoxy groups -OCH3 is 3. The summed E-state index contributed by atoms with van der Waals surface area (Å²) in [6.07, 6.45) is 0.564. The Balaban J connectivity index is 1.79. The van der Waals surface area contributed by atoms with E-state index < -0.39 is 10.8 Å². The summed E-state index contributed by atoms with van der Waals surface area (Å²) in [5, 5.41) is 13.1. The smallest absolute Gasteiger partial charge is 0.270 e. The molecule has 1 aromatic heterocycles. The van der Waals surface area contributed by atoms with E-state index in [0.717, 1.165) is 10.4 Å². The van der Waals surface area contributed by atoms with Crippen molar-refractivity contribution in [3.05, 3.63) is 86.1 Å². The summed E-state index contributed by atoms with van der Waals surface area (Å²) >= 11 is 1.55. The van der Waals surface area contributed by atoms with Gasteiger partial charge < -0.3 is 24.0 Å². The van der Waals surface area contributed by atoms with Crippen LogP contribution >= 0.6 is 11.3 Å². The van der Waals surface area contributed by atoms with Crippen molar-refractivity contribution < 1.29 is 28.7 Å². The molecule has 11 heteroatoms. The average Bonchev–Trinajstić information content (AvgIpc) is 3.45. The second-order valence-corrected chi connectivity index (χ2v) is 9.39. The maximum Gasteiger partial charge on any atom is 0.270 e. The Morgan fingerprint density at radius 1 is 0.947 bits per heavy atom. The molecule has 0 saturated heterocycles. The molecule has 2 aromatic carbocycles. The summed E-state index contributed by atoms with van der Waals surface area (Å²) in [5.41, 5.74) is 0.914. The SMILES string of the molecule is COCCN(CC(=O)N(CCc1ccc(OC)c(OC)c1)Cc1cccs1)C(=O)c1cccc([N+](=O)[O-])c1. The normalized spacial score (nSPS) is 10.6. The minimum atomic E-state index is -0.557. The molecule has 0 atom stereocenters. The van der Waals surface area contributed by atoms with Crippen molar-refractivity contribution in [1.82, 2.24) is 9.80 Å². The Morgan fingerprint density at radius 2 is 1.74 bits per heavy atom. The van der Waals surface area contributed by atoms with Gasteiger partial charge in [0.25, 0.3) is 11.6 Å². The molecule has 0 aliphatic heterocycles. The molecule has 202 valence electrons. The van der Waals surface area contributed by atoms with Gasteiger partial charge in [0.05, 0.1) is 32.3 Å². The first kappa shape index (κ1) is 28.6. The molecule has 2 amide bonds. The largest absolute Gasteiger partial charge is 0.493 e. The quantitative estimate of drug-likeness (QED) is 0.224. The van der Waals surface area contributed by atoms with Gasteiger partial charge in [-0.15, -0.1) is 11.3 Å². The lowest BCUT2D eigenvalue weighted by atomic mass is 10.1. The molecule has 0 unspecified atom stereocenters. The number of thiophene rings is 1. The van der Waals surface area contributed by atoms with Gasteiger partial charge in [0.15, 0.2) is 11.5 Å². The predicted molar refractivity (Wildman–Crippen MR) is 144 cm³/mol. The summed E-state index contributed by atoms with van der Waals surface area (Å²) < 4.78 is 15.8. The molecule has 0 spiro atoms. The fourth-order valence-electron chi connectivity index (χ4n) is 3.84. The fourth-order valence-corrected chi connectivity index (χ4v) is 4.55. The van der Waals surface area contributed by atoms with Crippen molar-refractivity contribution >= 4 is 28.8 Å². The third-order valence-corrected chi connectivity index (χ3v) is 6.74. The molecular formula is C27H31N3O7S. The van der Waals surface area contributed by atoms with Crippen LogP contribution in [-0.4, -0.2) is 74.1 Å². The van der Waals surface area contributed by atoms with Crippen LogP contribution in [0.15, 0.2) is 60.0 Å². The summed E-state index contributed by atoms with van der Waals surface area (Å²) in [7, 11) is 4.65. The van der Waals surface area contributed by atoms with Crippen molar-refractivity contribution in [3.63, 3.8) is 0 Å². The number of hydrogen-bond acceptors (Lipinski definition) is 8. The standard InChI is InChI=1S/C27H31N3O7S/c1-35-14-13-29(27(32)21-6-4-7-22(17-21)30(33)34)19-26(31)28(18-23-8-5-15-38-23)12-11-20-9-10-24(36-2)25(16-20)37-3/h4-10,15-17H,11-14,18-19H2,1-3H3. The van der Waals surface area contributed by atoms with Crippen molar-refractivity contribution in [2.75, 3.05) is 47.6 Å². The molecule has 0 saturated carbocycles. The number of non-ortho nitro benzene ring substituents is 1. The Morgan fingerprint density at radius 3 is 2.39 bits per heavy atom. The van der Waals surface area contributed by atoms with Crippen molar-refractivity contribution in [3.8, 4) is 11.5 Å². The van der Waals surface area contributed by atoms with Crippen LogP contribution in [-0.2, 0) is 22.5 Å². The molecule has 0 aliphatic rings. The molecule has 10 nitrogen and oxygen atoms in total. The topological polar surface area (TPSA) is 111 Å². The van der Waals surface area contributed by atoms with Crippen LogP contribution < -0.4 is 9.47 Å². The third kappa shape index (κ3) is 7.77.